The van der Waals surface area contributed by atoms with Gasteiger partial charge in [-0.05, 0) is 25.5 Å². The Bertz CT molecular complexity index is 316. The van der Waals surface area contributed by atoms with Crippen molar-refractivity contribution in [3.8, 4) is 6.07 Å². The van der Waals surface area contributed by atoms with Crippen LogP contribution in [0.4, 0.5) is 0 Å². The molecule has 1 amide bonds. The topological polar surface area (TPSA) is 44.1 Å². The fourth-order valence-corrected chi connectivity index (χ4v) is 3.08. The predicted octanol–water partition coefficient (Wildman–Crippen LogP) is 3.06. The van der Waals surface area contributed by atoms with Gasteiger partial charge in [0.15, 0.2) is 0 Å². The smallest absolute Gasteiger partial charge is 0.225 e. The van der Waals surface area contributed by atoms with Crippen LogP contribution in [-0.4, -0.2) is 34.9 Å². The van der Waals surface area contributed by atoms with E-state index < -0.39 is 0 Å². The number of hydrogen-bond donors (Lipinski definition) is 0. The molecule has 1 aliphatic rings. The van der Waals surface area contributed by atoms with Crippen molar-refractivity contribution in [3.63, 3.8) is 0 Å². The number of unbranched alkanes of at least 4 members (excludes halogenated alkanes) is 1. The molecule has 1 aliphatic heterocycles. The second kappa shape index (κ2) is 7.04. The highest BCUT2D eigenvalue weighted by atomic mass is 32.2. The largest absolute Gasteiger partial charge is 0.342 e. The summed E-state index contributed by atoms with van der Waals surface area (Å²) in [5.74, 6) is 0.407. The summed E-state index contributed by atoms with van der Waals surface area (Å²) in [6.45, 7) is 5.66. The van der Waals surface area contributed by atoms with E-state index in [1.54, 1.807) is 11.8 Å². The zero-order valence-electron chi connectivity index (χ0n) is 11.7. The first-order valence-corrected chi connectivity index (χ1v) is 8.06. The molecule has 0 aromatic rings. The van der Waals surface area contributed by atoms with Crippen molar-refractivity contribution in [2.45, 2.75) is 50.7 Å². The molecule has 0 N–H and O–H groups in total. The summed E-state index contributed by atoms with van der Waals surface area (Å²) in [5.41, 5.74) is 0. The van der Waals surface area contributed by atoms with Crippen molar-refractivity contribution >= 4 is 17.7 Å². The molecule has 0 bridgehead atoms. The molecule has 1 unspecified atom stereocenters. The fraction of sp³-hybridized carbons (Fsp3) is 0.857. The van der Waals surface area contributed by atoms with Crippen LogP contribution < -0.4 is 0 Å². The summed E-state index contributed by atoms with van der Waals surface area (Å²) in [6, 6.07) is 2.42. The van der Waals surface area contributed by atoms with E-state index in [2.05, 4.69) is 13.0 Å². The summed E-state index contributed by atoms with van der Waals surface area (Å²) in [7, 11) is 0. The lowest BCUT2D eigenvalue weighted by Gasteiger charge is -2.37. The first kappa shape index (κ1) is 15.4. The number of piperidine rings is 1. The zero-order valence-corrected chi connectivity index (χ0v) is 12.6. The Labute approximate surface area is 115 Å². The van der Waals surface area contributed by atoms with Crippen LogP contribution in [0.15, 0.2) is 0 Å². The van der Waals surface area contributed by atoms with E-state index >= 15 is 0 Å². The fourth-order valence-electron chi connectivity index (χ4n) is 2.40. The molecule has 1 saturated heterocycles. The van der Waals surface area contributed by atoms with E-state index in [1.165, 1.54) is 0 Å². The monoisotopic (exact) mass is 268 g/mol. The number of likely N-dealkylation sites (tertiary alicyclic amines) is 1. The van der Waals surface area contributed by atoms with Crippen LogP contribution in [0.2, 0.25) is 0 Å². The Kier molecular flexibility index (Phi) is 6.01. The molecule has 3 nitrogen and oxygen atoms in total. The van der Waals surface area contributed by atoms with Crippen LogP contribution in [0.5, 0.6) is 0 Å². The second-order valence-corrected chi connectivity index (χ2v) is 6.37. The quantitative estimate of drug-likeness (QED) is 0.769. The molecule has 0 aromatic heterocycles. The lowest BCUT2D eigenvalue weighted by Crippen LogP contribution is -2.46. The van der Waals surface area contributed by atoms with Gasteiger partial charge in [-0.25, -0.2) is 0 Å². The number of hydrogen-bond acceptors (Lipinski definition) is 3. The summed E-state index contributed by atoms with van der Waals surface area (Å²) >= 11 is 1.63. The average molecular weight is 268 g/mol. The van der Waals surface area contributed by atoms with Crippen LogP contribution in [0, 0.1) is 17.2 Å². The van der Waals surface area contributed by atoms with Crippen LogP contribution in [0.1, 0.15) is 46.0 Å². The van der Waals surface area contributed by atoms with E-state index in [4.69, 9.17) is 0 Å². The normalized spacial score (nSPS) is 20.2. The lowest BCUT2D eigenvalue weighted by molar-refractivity contribution is -0.136. The van der Waals surface area contributed by atoms with E-state index in [1.807, 2.05) is 18.1 Å². The Morgan fingerprint density at radius 1 is 1.50 bits per heavy atom. The molecule has 1 fully saturated rings. The highest BCUT2D eigenvalue weighted by Crippen LogP contribution is 2.34. The van der Waals surface area contributed by atoms with Crippen LogP contribution in [0.25, 0.3) is 0 Å². The molecule has 0 radical (unpaired) electrons. The third kappa shape index (κ3) is 3.65. The first-order valence-electron chi connectivity index (χ1n) is 6.83. The third-order valence-corrected chi connectivity index (χ3v) is 5.17. The number of carbonyl (C=O) groups is 1. The van der Waals surface area contributed by atoms with Gasteiger partial charge in [-0.2, -0.15) is 5.26 Å². The minimum Gasteiger partial charge on any atom is -0.342 e. The SMILES string of the molecule is CCCCC(C)C(=O)N1CCC(C#N)(SC)CC1. The van der Waals surface area contributed by atoms with Crippen molar-refractivity contribution in [2.24, 2.45) is 5.92 Å². The number of nitriles is 1. The molecule has 0 spiro atoms. The minimum absolute atomic E-state index is 0.133. The minimum atomic E-state index is -0.260. The third-order valence-electron chi connectivity index (χ3n) is 3.89. The van der Waals surface area contributed by atoms with Gasteiger partial charge in [0, 0.05) is 19.0 Å². The van der Waals surface area contributed by atoms with Crippen molar-refractivity contribution < 1.29 is 4.79 Å². The number of amides is 1. The summed E-state index contributed by atoms with van der Waals surface area (Å²) in [4.78, 5) is 14.2. The molecule has 18 heavy (non-hydrogen) atoms. The van der Waals surface area contributed by atoms with Crippen molar-refractivity contribution in [3.05, 3.63) is 0 Å². The van der Waals surface area contributed by atoms with Gasteiger partial charge in [0.25, 0.3) is 0 Å². The molecule has 0 aliphatic carbocycles. The molecular weight excluding hydrogens is 244 g/mol. The van der Waals surface area contributed by atoms with Crippen LogP contribution >= 0.6 is 11.8 Å². The standard InChI is InChI=1S/C14H24N2OS/c1-4-5-6-12(2)13(17)16-9-7-14(11-15,18-3)8-10-16/h12H,4-10H2,1-3H3. The zero-order chi connectivity index (χ0) is 13.6. The molecule has 1 heterocycles. The highest BCUT2D eigenvalue weighted by Gasteiger charge is 2.36. The first-order chi connectivity index (χ1) is 8.58. The van der Waals surface area contributed by atoms with Crippen molar-refractivity contribution in [1.29, 1.82) is 5.26 Å². The van der Waals surface area contributed by atoms with Gasteiger partial charge in [-0.3, -0.25) is 4.79 Å². The molecule has 4 heteroatoms. The van der Waals surface area contributed by atoms with Gasteiger partial charge in [0.05, 0.1) is 6.07 Å². The van der Waals surface area contributed by atoms with Crippen LogP contribution in [0.3, 0.4) is 0 Å². The Morgan fingerprint density at radius 2 is 2.11 bits per heavy atom. The van der Waals surface area contributed by atoms with E-state index in [-0.39, 0.29) is 16.6 Å². The van der Waals surface area contributed by atoms with Gasteiger partial charge in [0.2, 0.25) is 5.91 Å². The van der Waals surface area contributed by atoms with Crippen molar-refractivity contribution in [2.75, 3.05) is 19.3 Å². The number of thioether (sulfide) groups is 1. The average Bonchev–Trinajstić information content (AvgIpc) is 2.44. The summed E-state index contributed by atoms with van der Waals surface area (Å²) < 4.78 is -0.260. The maximum absolute atomic E-state index is 12.2. The van der Waals surface area contributed by atoms with E-state index in [9.17, 15) is 10.1 Å². The number of rotatable bonds is 5. The Balaban J connectivity index is 2.48. The van der Waals surface area contributed by atoms with Gasteiger partial charge in [-0.15, -0.1) is 11.8 Å². The maximum Gasteiger partial charge on any atom is 0.225 e. The molecular formula is C14H24N2OS. The lowest BCUT2D eigenvalue weighted by atomic mass is 9.95. The Hall–Kier alpha value is -0.690. The highest BCUT2D eigenvalue weighted by molar-refractivity contribution is 8.00. The molecule has 0 saturated carbocycles. The second-order valence-electron chi connectivity index (χ2n) is 5.18. The summed E-state index contributed by atoms with van der Waals surface area (Å²) in [6.07, 6.45) is 6.84. The van der Waals surface area contributed by atoms with Crippen LogP contribution in [-0.2, 0) is 4.79 Å². The number of nitrogens with zero attached hydrogens (tertiary/aromatic N) is 2. The molecule has 1 atom stereocenters. The van der Waals surface area contributed by atoms with Gasteiger partial charge in [-0.1, -0.05) is 26.7 Å². The molecule has 0 aromatic carbocycles. The maximum atomic E-state index is 12.2. The Morgan fingerprint density at radius 3 is 2.56 bits per heavy atom. The van der Waals surface area contributed by atoms with E-state index in [0.717, 1.165) is 45.2 Å². The van der Waals surface area contributed by atoms with Crippen molar-refractivity contribution in [1.82, 2.24) is 4.90 Å². The van der Waals surface area contributed by atoms with Gasteiger partial charge < -0.3 is 4.90 Å². The molecule has 102 valence electrons. The summed E-state index contributed by atoms with van der Waals surface area (Å²) in [5, 5.41) is 9.22. The van der Waals surface area contributed by atoms with Gasteiger partial charge in [0.1, 0.15) is 4.75 Å². The molecule has 1 rings (SSSR count). The predicted molar refractivity (Wildman–Crippen MR) is 76.4 cm³/mol. The van der Waals surface area contributed by atoms with E-state index in [0.29, 0.717) is 0 Å². The number of carbonyl (C=O) groups excluding carboxylic acids is 1. The van der Waals surface area contributed by atoms with Gasteiger partial charge >= 0.3 is 0 Å².